The van der Waals surface area contributed by atoms with Crippen LogP contribution < -0.4 is 5.14 Å². The van der Waals surface area contributed by atoms with E-state index in [9.17, 15) is 13.2 Å². The first-order valence-electron chi connectivity index (χ1n) is 4.01. The Kier molecular flexibility index (Phi) is 3.15. The van der Waals surface area contributed by atoms with E-state index in [1.54, 1.807) is 6.92 Å². The van der Waals surface area contributed by atoms with E-state index < -0.39 is 21.7 Å². The van der Waals surface area contributed by atoms with E-state index in [2.05, 4.69) is 4.74 Å². The zero-order chi connectivity index (χ0) is 11.6. The Bertz CT molecular complexity index is 473. The summed E-state index contributed by atoms with van der Waals surface area (Å²) in [6, 6.07) is 1.31. The maximum atomic E-state index is 11.2. The molecule has 0 amide bonds. The number of esters is 1. The molecule has 0 bridgehead atoms. The van der Waals surface area contributed by atoms with Gasteiger partial charge in [-0.2, -0.15) is 0 Å². The van der Waals surface area contributed by atoms with Crippen LogP contribution in [0.2, 0.25) is 0 Å². The van der Waals surface area contributed by atoms with Gasteiger partial charge in [0.2, 0.25) is 10.0 Å². The van der Waals surface area contributed by atoms with Crippen LogP contribution in [0.5, 0.6) is 0 Å². The van der Waals surface area contributed by atoms with Gasteiger partial charge < -0.3 is 9.15 Å². The Balaban J connectivity index is 3.01. The fourth-order valence-electron chi connectivity index (χ4n) is 1.13. The minimum absolute atomic E-state index is 0.121. The van der Waals surface area contributed by atoms with Gasteiger partial charge in [0, 0.05) is 0 Å². The molecule has 84 valence electrons. The molecule has 1 rings (SSSR count). The average Bonchev–Trinajstić information content (AvgIpc) is 2.42. The standard InChI is InChI=1S/C8H11NO5S/c1-5-7(8(10)13-2)3-6(14-5)4-15(9,11)12/h3H,4H2,1-2H3,(H2,9,11,12). The van der Waals surface area contributed by atoms with Crippen LogP contribution in [-0.4, -0.2) is 21.5 Å². The third-order valence-corrected chi connectivity index (χ3v) is 2.40. The maximum absolute atomic E-state index is 11.2. The molecule has 0 saturated heterocycles. The highest BCUT2D eigenvalue weighted by Gasteiger charge is 2.17. The van der Waals surface area contributed by atoms with Crippen LogP contribution in [0.3, 0.4) is 0 Å². The summed E-state index contributed by atoms with van der Waals surface area (Å²) < 4.78 is 31.1. The van der Waals surface area contributed by atoms with Gasteiger partial charge in [-0.05, 0) is 13.0 Å². The molecule has 0 aromatic carbocycles. The molecule has 0 fully saturated rings. The van der Waals surface area contributed by atoms with Gasteiger partial charge in [-0.25, -0.2) is 18.4 Å². The summed E-state index contributed by atoms with van der Waals surface area (Å²) in [7, 11) is -2.43. The van der Waals surface area contributed by atoms with Crippen molar-refractivity contribution < 1.29 is 22.4 Å². The molecule has 1 aromatic heterocycles. The fraction of sp³-hybridized carbons (Fsp3) is 0.375. The summed E-state index contributed by atoms with van der Waals surface area (Å²) in [4.78, 5) is 11.2. The van der Waals surface area contributed by atoms with Gasteiger partial charge in [0.15, 0.2) is 0 Å². The molecule has 0 unspecified atom stereocenters. The first kappa shape index (κ1) is 11.7. The number of aryl methyl sites for hydroxylation is 1. The van der Waals surface area contributed by atoms with Gasteiger partial charge >= 0.3 is 5.97 Å². The van der Waals surface area contributed by atoms with Crippen molar-refractivity contribution in [2.24, 2.45) is 5.14 Å². The number of rotatable bonds is 3. The van der Waals surface area contributed by atoms with Crippen molar-refractivity contribution in [1.29, 1.82) is 0 Å². The Hall–Kier alpha value is -1.34. The number of ether oxygens (including phenoxy) is 1. The van der Waals surface area contributed by atoms with E-state index in [-0.39, 0.29) is 11.3 Å². The van der Waals surface area contributed by atoms with E-state index in [1.807, 2.05) is 0 Å². The van der Waals surface area contributed by atoms with Gasteiger partial charge in [-0.15, -0.1) is 0 Å². The molecular weight excluding hydrogens is 222 g/mol. The molecule has 0 saturated carbocycles. The highest BCUT2D eigenvalue weighted by molar-refractivity contribution is 7.88. The van der Waals surface area contributed by atoms with Crippen LogP contribution in [0.25, 0.3) is 0 Å². The minimum atomic E-state index is -3.66. The third kappa shape index (κ3) is 3.07. The summed E-state index contributed by atoms with van der Waals surface area (Å²) in [5, 5.41) is 4.83. The van der Waals surface area contributed by atoms with Gasteiger partial charge in [0.05, 0.1) is 7.11 Å². The molecule has 0 aliphatic heterocycles. The Morgan fingerprint density at radius 3 is 2.67 bits per heavy atom. The van der Waals surface area contributed by atoms with Gasteiger partial charge in [-0.3, -0.25) is 0 Å². The lowest BCUT2D eigenvalue weighted by Crippen LogP contribution is -2.14. The Labute approximate surface area is 87.1 Å². The first-order valence-corrected chi connectivity index (χ1v) is 5.73. The fourth-order valence-corrected chi connectivity index (χ4v) is 1.66. The van der Waals surface area contributed by atoms with Crippen LogP contribution in [-0.2, 0) is 20.5 Å². The van der Waals surface area contributed by atoms with Crippen LogP contribution in [0, 0.1) is 6.92 Å². The molecule has 1 heterocycles. The Morgan fingerprint density at radius 2 is 2.20 bits per heavy atom. The second-order valence-electron chi connectivity index (χ2n) is 2.98. The molecule has 0 aliphatic carbocycles. The molecule has 7 heteroatoms. The van der Waals surface area contributed by atoms with E-state index in [1.165, 1.54) is 13.2 Å². The van der Waals surface area contributed by atoms with Crippen molar-refractivity contribution in [3.05, 3.63) is 23.2 Å². The summed E-state index contributed by atoms with van der Waals surface area (Å²) in [6.07, 6.45) is 0. The van der Waals surface area contributed by atoms with Crippen molar-refractivity contribution in [2.75, 3.05) is 7.11 Å². The van der Waals surface area contributed by atoms with Gasteiger partial charge in [0.1, 0.15) is 22.8 Å². The normalized spacial score (nSPS) is 11.4. The quantitative estimate of drug-likeness (QED) is 0.750. The molecule has 1 aromatic rings. The van der Waals surface area contributed by atoms with Gasteiger partial charge in [-0.1, -0.05) is 0 Å². The van der Waals surface area contributed by atoms with Crippen molar-refractivity contribution in [3.63, 3.8) is 0 Å². The van der Waals surface area contributed by atoms with Gasteiger partial charge in [0.25, 0.3) is 0 Å². The largest absolute Gasteiger partial charge is 0.465 e. The third-order valence-electron chi connectivity index (χ3n) is 1.72. The summed E-state index contributed by atoms with van der Waals surface area (Å²) in [5.41, 5.74) is 0.205. The zero-order valence-corrected chi connectivity index (χ0v) is 9.13. The number of carbonyl (C=O) groups excluding carboxylic acids is 1. The topological polar surface area (TPSA) is 99.6 Å². The lowest BCUT2D eigenvalue weighted by atomic mass is 10.2. The van der Waals surface area contributed by atoms with E-state index >= 15 is 0 Å². The number of methoxy groups -OCH3 is 1. The minimum Gasteiger partial charge on any atom is -0.465 e. The lowest BCUT2D eigenvalue weighted by Gasteiger charge is -1.93. The number of carbonyl (C=O) groups is 1. The number of nitrogens with two attached hydrogens (primary N) is 1. The second kappa shape index (κ2) is 4.03. The van der Waals surface area contributed by atoms with Crippen LogP contribution in [0.1, 0.15) is 21.9 Å². The van der Waals surface area contributed by atoms with Crippen molar-refractivity contribution in [3.8, 4) is 0 Å². The summed E-state index contributed by atoms with van der Waals surface area (Å²) >= 11 is 0. The predicted octanol–water partition coefficient (Wildman–Crippen LogP) is 0.163. The molecule has 0 aliphatic rings. The van der Waals surface area contributed by atoms with Crippen LogP contribution in [0.4, 0.5) is 0 Å². The van der Waals surface area contributed by atoms with Crippen LogP contribution >= 0.6 is 0 Å². The molecule has 0 spiro atoms. The molecule has 0 atom stereocenters. The lowest BCUT2D eigenvalue weighted by molar-refractivity contribution is 0.0599. The number of furan rings is 1. The average molecular weight is 233 g/mol. The number of sulfonamides is 1. The van der Waals surface area contributed by atoms with E-state index in [0.717, 1.165) is 0 Å². The summed E-state index contributed by atoms with van der Waals surface area (Å²) in [6.45, 7) is 1.54. The first-order chi connectivity index (χ1) is 6.83. The van der Waals surface area contributed by atoms with Crippen LogP contribution in [0.15, 0.2) is 10.5 Å². The van der Waals surface area contributed by atoms with E-state index in [0.29, 0.717) is 5.76 Å². The zero-order valence-electron chi connectivity index (χ0n) is 8.31. The van der Waals surface area contributed by atoms with E-state index in [4.69, 9.17) is 9.56 Å². The molecule has 6 nitrogen and oxygen atoms in total. The number of hydrogen-bond donors (Lipinski definition) is 1. The SMILES string of the molecule is COC(=O)c1cc(CS(N)(=O)=O)oc1C. The molecule has 15 heavy (non-hydrogen) atoms. The maximum Gasteiger partial charge on any atom is 0.341 e. The smallest absolute Gasteiger partial charge is 0.341 e. The molecule has 0 radical (unpaired) electrons. The highest BCUT2D eigenvalue weighted by Crippen LogP contribution is 2.16. The predicted molar refractivity (Wildman–Crippen MR) is 51.6 cm³/mol. The second-order valence-corrected chi connectivity index (χ2v) is 4.60. The highest BCUT2D eigenvalue weighted by atomic mass is 32.2. The number of primary sulfonamides is 1. The summed E-state index contributed by atoms with van der Waals surface area (Å²) in [5.74, 6) is -0.585. The number of hydrogen-bond acceptors (Lipinski definition) is 5. The van der Waals surface area contributed by atoms with Crippen molar-refractivity contribution in [2.45, 2.75) is 12.7 Å². The van der Waals surface area contributed by atoms with Crippen molar-refractivity contribution >= 4 is 16.0 Å². The molecule has 2 N–H and O–H groups in total. The molecular formula is C8H11NO5S. The van der Waals surface area contributed by atoms with Crippen molar-refractivity contribution in [1.82, 2.24) is 0 Å². The Morgan fingerprint density at radius 1 is 1.60 bits per heavy atom. The monoisotopic (exact) mass is 233 g/mol.